The van der Waals surface area contributed by atoms with Gasteiger partial charge < -0.3 is 14.8 Å². The Morgan fingerprint density at radius 3 is 2.80 bits per heavy atom. The molecule has 2 N–H and O–H groups in total. The quantitative estimate of drug-likeness (QED) is 0.880. The van der Waals surface area contributed by atoms with Crippen molar-refractivity contribution < 1.29 is 19.4 Å². The number of carbonyl (C=O) groups is 2. The van der Waals surface area contributed by atoms with E-state index in [0.29, 0.717) is 23.4 Å². The number of hydrogen-bond acceptors (Lipinski definition) is 3. The minimum atomic E-state index is -0.925. The van der Waals surface area contributed by atoms with Gasteiger partial charge in [0.1, 0.15) is 5.75 Å². The van der Waals surface area contributed by atoms with Gasteiger partial charge in [0.15, 0.2) is 5.78 Å². The van der Waals surface area contributed by atoms with Crippen LogP contribution in [-0.4, -0.2) is 29.0 Å². The molecule has 1 heterocycles. The molecule has 0 aliphatic heterocycles. The number of methoxy groups -OCH3 is 1. The van der Waals surface area contributed by atoms with E-state index in [9.17, 15) is 9.59 Å². The van der Waals surface area contributed by atoms with Crippen LogP contribution in [0.1, 0.15) is 28.0 Å². The number of aromatic amines is 1. The van der Waals surface area contributed by atoms with E-state index in [4.69, 9.17) is 9.84 Å². The lowest BCUT2D eigenvalue weighted by molar-refractivity contribution is -0.141. The highest BCUT2D eigenvalue weighted by molar-refractivity contribution is 6.13. The summed E-state index contributed by atoms with van der Waals surface area (Å²) in [7, 11) is 1.58. The number of aromatic nitrogens is 1. The second kappa shape index (κ2) is 4.37. The summed E-state index contributed by atoms with van der Waals surface area (Å²) in [5.74, 6) is -1.01. The van der Waals surface area contributed by atoms with Crippen molar-refractivity contribution in [3.63, 3.8) is 0 Å². The molecule has 1 aliphatic carbocycles. The Bertz CT molecular complexity index is 729. The Morgan fingerprint density at radius 1 is 1.40 bits per heavy atom. The van der Waals surface area contributed by atoms with E-state index in [2.05, 4.69) is 4.98 Å². The zero-order valence-electron chi connectivity index (χ0n) is 11.3. The van der Waals surface area contributed by atoms with Crippen molar-refractivity contribution in [2.45, 2.75) is 19.8 Å². The van der Waals surface area contributed by atoms with Crippen LogP contribution in [0.25, 0.3) is 10.9 Å². The predicted molar refractivity (Wildman–Crippen MR) is 73.4 cm³/mol. The first-order chi connectivity index (χ1) is 9.52. The summed E-state index contributed by atoms with van der Waals surface area (Å²) in [5.41, 5.74) is 3.10. The van der Waals surface area contributed by atoms with Gasteiger partial charge in [0, 0.05) is 29.5 Å². The summed E-state index contributed by atoms with van der Waals surface area (Å²) < 4.78 is 5.31. The number of carboxylic acid groups (broad SMARTS) is 1. The predicted octanol–water partition coefficient (Wildman–Crippen LogP) is 2.31. The second-order valence-electron chi connectivity index (χ2n) is 5.18. The van der Waals surface area contributed by atoms with Gasteiger partial charge in [-0.25, -0.2) is 0 Å². The number of Topliss-reactive ketones (excluding diaryl/α,β-unsaturated/α-hetero) is 1. The van der Waals surface area contributed by atoms with Crippen molar-refractivity contribution in [1.29, 1.82) is 0 Å². The number of aliphatic carboxylic acids is 1. The average Bonchev–Trinajstić information content (AvgIpc) is 2.79. The van der Waals surface area contributed by atoms with Crippen molar-refractivity contribution in [1.82, 2.24) is 4.98 Å². The lowest BCUT2D eigenvalue weighted by atomic mass is 9.85. The Morgan fingerprint density at radius 2 is 2.15 bits per heavy atom. The van der Waals surface area contributed by atoms with Crippen molar-refractivity contribution >= 4 is 22.7 Å². The molecular weight excluding hydrogens is 258 g/mol. The third-order valence-corrected chi connectivity index (χ3v) is 3.93. The summed E-state index contributed by atoms with van der Waals surface area (Å²) in [6.45, 7) is 1.94. The molecule has 0 fully saturated rings. The maximum Gasteiger partial charge on any atom is 0.307 e. The normalized spacial score (nSPS) is 18.1. The molecule has 0 bridgehead atoms. The molecule has 0 saturated carbocycles. The smallest absolute Gasteiger partial charge is 0.307 e. The van der Waals surface area contributed by atoms with Crippen LogP contribution in [0.4, 0.5) is 0 Å². The highest BCUT2D eigenvalue weighted by Gasteiger charge is 2.33. The fourth-order valence-electron chi connectivity index (χ4n) is 2.95. The number of fused-ring (bicyclic) bond motifs is 3. The SMILES string of the molecule is COc1ccc(C)c2c3c([nH]c12)CC(C(=O)O)CC3=O. The molecule has 1 aromatic carbocycles. The Balaban J connectivity index is 2.27. The average molecular weight is 273 g/mol. The summed E-state index contributed by atoms with van der Waals surface area (Å²) >= 11 is 0. The number of benzene rings is 1. The minimum Gasteiger partial charge on any atom is -0.495 e. The van der Waals surface area contributed by atoms with Crippen LogP contribution in [-0.2, 0) is 11.2 Å². The largest absolute Gasteiger partial charge is 0.495 e. The highest BCUT2D eigenvalue weighted by Crippen LogP contribution is 2.37. The third kappa shape index (κ3) is 1.70. The summed E-state index contributed by atoms with van der Waals surface area (Å²) in [6, 6.07) is 3.75. The second-order valence-corrected chi connectivity index (χ2v) is 5.18. The van der Waals surface area contributed by atoms with Crippen molar-refractivity contribution in [2.24, 2.45) is 5.92 Å². The molecule has 1 aromatic heterocycles. The highest BCUT2D eigenvalue weighted by atomic mass is 16.5. The number of carboxylic acids is 1. The molecule has 20 heavy (non-hydrogen) atoms. The molecule has 0 radical (unpaired) electrons. The summed E-state index contributed by atoms with van der Waals surface area (Å²) in [5, 5.41) is 9.98. The van der Waals surface area contributed by atoms with E-state index in [1.807, 2.05) is 19.1 Å². The number of aryl methyl sites for hydroxylation is 1. The molecular formula is C15H15NO4. The zero-order valence-corrected chi connectivity index (χ0v) is 11.3. The Labute approximate surface area is 115 Å². The fraction of sp³-hybridized carbons (Fsp3) is 0.333. The van der Waals surface area contributed by atoms with Crippen LogP contribution >= 0.6 is 0 Å². The number of H-pyrrole nitrogens is 1. The van der Waals surface area contributed by atoms with E-state index in [1.165, 1.54) is 0 Å². The van der Waals surface area contributed by atoms with E-state index in [-0.39, 0.29) is 12.2 Å². The third-order valence-electron chi connectivity index (χ3n) is 3.93. The molecule has 3 rings (SSSR count). The molecule has 1 aliphatic rings. The lowest BCUT2D eigenvalue weighted by Crippen LogP contribution is -2.26. The number of rotatable bonds is 2. The van der Waals surface area contributed by atoms with Gasteiger partial charge in [-0.2, -0.15) is 0 Å². The van der Waals surface area contributed by atoms with Crippen LogP contribution < -0.4 is 4.74 Å². The molecule has 0 saturated heterocycles. The van der Waals surface area contributed by atoms with Gasteiger partial charge in [-0.05, 0) is 18.6 Å². The Hall–Kier alpha value is -2.30. The standard InChI is InChI=1S/C15H15NO4/c1-7-3-4-11(20-2)14-12(7)13-9(16-14)5-8(15(18)19)6-10(13)17/h3-4,8,16H,5-6H2,1-2H3,(H,18,19). The molecule has 1 atom stereocenters. The molecule has 104 valence electrons. The topological polar surface area (TPSA) is 79.4 Å². The van der Waals surface area contributed by atoms with Gasteiger partial charge in [0.05, 0.1) is 18.5 Å². The first kappa shape index (κ1) is 12.7. The van der Waals surface area contributed by atoms with Crippen LogP contribution in [0.15, 0.2) is 12.1 Å². The van der Waals surface area contributed by atoms with Crippen LogP contribution in [0, 0.1) is 12.8 Å². The van der Waals surface area contributed by atoms with Gasteiger partial charge in [-0.3, -0.25) is 9.59 Å². The first-order valence-electron chi connectivity index (χ1n) is 6.47. The number of nitrogens with one attached hydrogen (secondary N) is 1. The molecule has 0 amide bonds. The lowest BCUT2D eigenvalue weighted by Gasteiger charge is -2.17. The van der Waals surface area contributed by atoms with E-state index in [0.717, 1.165) is 16.5 Å². The maximum atomic E-state index is 12.3. The monoisotopic (exact) mass is 273 g/mol. The van der Waals surface area contributed by atoms with E-state index >= 15 is 0 Å². The van der Waals surface area contributed by atoms with Gasteiger partial charge in [-0.15, -0.1) is 0 Å². The molecule has 5 nitrogen and oxygen atoms in total. The maximum absolute atomic E-state index is 12.3. The number of hydrogen-bond donors (Lipinski definition) is 2. The molecule has 2 aromatic rings. The zero-order chi connectivity index (χ0) is 14.4. The van der Waals surface area contributed by atoms with E-state index < -0.39 is 11.9 Å². The van der Waals surface area contributed by atoms with E-state index in [1.54, 1.807) is 7.11 Å². The van der Waals surface area contributed by atoms with Crippen LogP contribution in [0.2, 0.25) is 0 Å². The first-order valence-corrected chi connectivity index (χ1v) is 6.47. The van der Waals surface area contributed by atoms with Gasteiger partial charge >= 0.3 is 5.97 Å². The van der Waals surface area contributed by atoms with Crippen LogP contribution in [0.3, 0.4) is 0 Å². The van der Waals surface area contributed by atoms with Crippen molar-refractivity contribution in [3.8, 4) is 5.75 Å². The Kier molecular flexibility index (Phi) is 2.78. The van der Waals surface area contributed by atoms with Gasteiger partial charge in [-0.1, -0.05) is 6.07 Å². The molecule has 0 spiro atoms. The van der Waals surface area contributed by atoms with Crippen LogP contribution in [0.5, 0.6) is 5.75 Å². The molecule has 1 unspecified atom stereocenters. The van der Waals surface area contributed by atoms with Gasteiger partial charge in [0.2, 0.25) is 0 Å². The number of carbonyl (C=O) groups excluding carboxylic acids is 1. The number of ether oxygens (including phenoxy) is 1. The van der Waals surface area contributed by atoms with Gasteiger partial charge in [0.25, 0.3) is 0 Å². The molecule has 5 heteroatoms. The summed E-state index contributed by atoms with van der Waals surface area (Å²) in [6.07, 6.45) is 0.416. The van der Waals surface area contributed by atoms with Crippen molar-refractivity contribution in [3.05, 3.63) is 29.0 Å². The summed E-state index contributed by atoms with van der Waals surface area (Å²) in [4.78, 5) is 26.6. The fourth-order valence-corrected chi connectivity index (χ4v) is 2.95. The van der Waals surface area contributed by atoms with Crippen molar-refractivity contribution in [2.75, 3.05) is 7.11 Å². The number of ketones is 1. The minimum absolute atomic E-state index is 0.0614.